The van der Waals surface area contributed by atoms with Crippen LogP contribution >= 0.6 is 0 Å². The fourth-order valence-electron chi connectivity index (χ4n) is 2.14. The van der Waals surface area contributed by atoms with Crippen LogP contribution < -0.4 is 11.1 Å². The van der Waals surface area contributed by atoms with E-state index in [1.54, 1.807) is 0 Å². The summed E-state index contributed by atoms with van der Waals surface area (Å²) in [7, 11) is 0. The maximum absolute atomic E-state index is 10.8. The number of carboxylic acids is 1. The van der Waals surface area contributed by atoms with Gasteiger partial charge in [0.1, 0.15) is 6.04 Å². The average Bonchev–Trinajstić information content (AvgIpc) is 2.25. The number of rotatable bonds is 5. The minimum atomic E-state index is -0.917. The smallest absolute Gasteiger partial charge is 0.322 e. The van der Waals surface area contributed by atoms with Crippen LogP contribution in [0.15, 0.2) is 0 Å². The first-order chi connectivity index (χ1) is 7.19. The molecule has 3 unspecified atom stereocenters. The Balaban J connectivity index is 2.49. The second kappa shape index (κ2) is 6.05. The van der Waals surface area contributed by atoms with E-state index in [0.717, 1.165) is 25.7 Å². The summed E-state index contributed by atoms with van der Waals surface area (Å²) in [6.07, 6.45) is 4.09. The Morgan fingerprint density at radius 2 is 2.13 bits per heavy atom. The second-order valence-corrected chi connectivity index (χ2v) is 4.13. The SMILES string of the molecule is NCC(NC1CCCCC1CO)C(=O)O. The summed E-state index contributed by atoms with van der Waals surface area (Å²) in [5.74, 6) is -0.744. The first-order valence-electron chi connectivity index (χ1n) is 5.48. The van der Waals surface area contributed by atoms with Crippen LogP contribution in [-0.4, -0.2) is 41.4 Å². The van der Waals surface area contributed by atoms with Crippen molar-refractivity contribution in [3.05, 3.63) is 0 Å². The van der Waals surface area contributed by atoms with E-state index >= 15 is 0 Å². The summed E-state index contributed by atoms with van der Waals surface area (Å²) in [5.41, 5.74) is 5.37. The Kier molecular flexibility index (Phi) is 5.01. The van der Waals surface area contributed by atoms with E-state index in [-0.39, 0.29) is 25.1 Å². The molecular weight excluding hydrogens is 196 g/mol. The molecule has 1 rings (SSSR count). The third-order valence-electron chi connectivity index (χ3n) is 3.09. The van der Waals surface area contributed by atoms with E-state index in [1.165, 1.54) is 0 Å². The van der Waals surface area contributed by atoms with Crippen molar-refractivity contribution in [3.63, 3.8) is 0 Å². The molecule has 0 bridgehead atoms. The molecule has 5 N–H and O–H groups in total. The molecule has 1 aliphatic rings. The first-order valence-corrected chi connectivity index (χ1v) is 5.48. The van der Waals surface area contributed by atoms with Gasteiger partial charge in [-0.05, 0) is 18.8 Å². The van der Waals surface area contributed by atoms with Gasteiger partial charge in [-0.2, -0.15) is 0 Å². The number of nitrogens with one attached hydrogen (secondary N) is 1. The molecule has 0 aromatic rings. The molecule has 0 aromatic heterocycles. The van der Waals surface area contributed by atoms with Crippen molar-refractivity contribution in [1.29, 1.82) is 0 Å². The molecule has 1 saturated carbocycles. The predicted octanol–water partition coefficient (Wildman–Crippen LogP) is -0.461. The number of aliphatic hydroxyl groups is 1. The maximum Gasteiger partial charge on any atom is 0.322 e. The number of hydrogen-bond acceptors (Lipinski definition) is 4. The van der Waals surface area contributed by atoms with Crippen LogP contribution in [0.1, 0.15) is 25.7 Å². The van der Waals surface area contributed by atoms with Crippen LogP contribution in [0, 0.1) is 5.92 Å². The number of carbonyl (C=O) groups is 1. The molecule has 0 aromatic carbocycles. The minimum Gasteiger partial charge on any atom is -0.480 e. The Morgan fingerprint density at radius 3 is 2.67 bits per heavy atom. The fourth-order valence-corrected chi connectivity index (χ4v) is 2.14. The van der Waals surface area contributed by atoms with Crippen molar-refractivity contribution in [1.82, 2.24) is 5.32 Å². The Morgan fingerprint density at radius 1 is 1.47 bits per heavy atom. The zero-order valence-electron chi connectivity index (χ0n) is 8.85. The molecule has 0 aliphatic heterocycles. The Hall–Kier alpha value is -0.650. The topological polar surface area (TPSA) is 95.6 Å². The highest BCUT2D eigenvalue weighted by Gasteiger charge is 2.28. The Labute approximate surface area is 89.7 Å². The average molecular weight is 216 g/mol. The van der Waals surface area contributed by atoms with Gasteiger partial charge in [0, 0.05) is 19.2 Å². The monoisotopic (exact) mass is 216 g/mol. The number of carboxylic acid groups (broad SMARTS) is 1. The molecule has 15 heavy (non-hydrogen) atoms. The summed E-state index contributed by atoms with van der Waals surface area (Å²) in [6.45, 7) is 0.207. The van der Waals surface area contributed by atoms with Gasteiger partial charge >= 0.3 is 5.97 Å². The first kappa shape index (κ1) is 12.4. The molecular formula is C10H20N2O3. The molecule has 5 heteroatoms. The standard InChI is InChI=1S/C10H20N2O3/c11-5-9(10(14)15)12-8-4-2-1-3-7(8)6-13/h7-9,12-13H,1-6,11H2,(H,14,15). The molecule has 0 spiro atoms. The van der Waals surface area contributed by atoms with E-state index < -0.39 is 12.0 Å². The van der Waals surface area contributed by atoms with Gasteiger partial charge in [0.05, 0.1) is 0 Å². The predicted molar refractivity (Wildman–Crippen MR) is 56.4 cm³/mol. The van der Waals surface area contributed by atoms with Gasteiger partial charge in [0.15, 0.2) is 0 Å². The lowest BCUT2D eigenvalue weighted by Gasteiger charge is -2.32. The van der Waals surface area contributed by atoms with E-state index in [0.29, 0.717) is 0 Å². The largest absolute Gasteiger partial charge is 0.480 e. The van der Waals surface area contributed by atoms with Crippen molar-refractivity contribution in [3.8, 4) is 0 Å². The number of hydrogen-bond donors (Lipinski definition) is 4. The van der Waals surface area contributed by atoms with Crippen LogP contribution in [0.2, 0.25) is 0 Å². The van der Waals surface area contributed by atoms with Crippen molar-refractivity contribution in [2.45, 2.75) is 37.8 Å². The fraction of sp³-hybridized carbons (Fsp3) is 0.900. The van der Waals surface area contributed by atoms with Crippen LogP contribution in [0.25, 0.3) is 0 Å². The normalized spacial score (nSPS) is 28.7. The lowest BCUT2D eigenvalue weighted by atomic mass is 9.84. The van der Waals surface area contributed by atoms with E-state index in [2.05, 4.69) is 5.32 Å². The molecule has 1 aliphatic carbocycles. The van der Waals surface area contributed by atoms with Crippen LogP contribution in [-0.2, 0) is 4.79 Å². The van der Waals surface area contributed by atoms with Gasteiger partial charge < -0.3 is 21.3 Å². The zero-order valence-corrected chi connectivity index (χ0v) is 8.85. The molecule has 88 valence electrons. The van der Waals surface area contributed by atoms with Gasteiger partial charge in [-0.3, -0.25) is 4.79 Å². The van der Waals surface area contributed by atoms with Crippen LogP contribution in [0.4, 0.5) is 0 Å². The van der Waals surface area contributed by atoms with Gasteiger partial charge in [-0.15, -0.1) is 0 Å². The van der Waals surface area contributed by atoms with E-state index in [1.807, 2.05) is 0 Å². The van der Waals surface area contributed by atoms with Gasteiger partial charge in [-0.1, -0.05) is 12.8 Å². The molecule has 0 radical (unpaired) electrons. The van der Waals surface area contributed by atoms with E-state index in [4.69, 9.17) is 15.9 Å². The van der Waals surface area contributed by atoms with Crippen molar-refractivity contribution in [2.24, 2.45) is 11.7 Å². The molecule has 0 heterocycles. The quantitative estimate of drug-likeness (QED) is 0.499. The van der Waals surface area contributed by atoms with Crippen LogP contribution in [0.3, 0.4) is 0 Å². The third kappa shape index (κ3) is 3.44. The molecule has 5 nitrogen and oxygen atoms in total. The zero-order chi connectivity index (χ0) is 11.3. The van der Waals surface area contributed by atoms with E-state index in [9.17, 15) is 4.79 Å². The Bertz CT molecular complexity index is 211. The molecule has 3 atom stereocenters. The number of nitrogens with two attached hydrogens (primary N) is 1. The van der Waals surface area contributed by atoms with Crippen LogP contribution in [0.5, 0.6) is 0 Å². The molecule has 1 fully saturated rings. The van der Waals surface area contributed by atoms with Crippen molar-refractivity contribution < 1.29 is 15.0 Å². The highest BCUT2D eigenvalue weighted by Crippen LogP contribution is 2.24. The molecule has 0 saturated heterocycles. The second-order valence-electron chi connectivity index (χ2n) is 4.13. The summed E-state index contributed by atoms with van der Waals surface area (Å²) >= 11 is 0. The summed E-state index contributed by atoms with van der Waals surface area (Å²) in [4.78, 5) is 10.8. The highest BCUT2D eigenvalue weighted by molar-refractivity contribution is 5.73. The number of aliphatic hydroxyl groups excluding tert-OH is 1. The molecule has 0 amide bonds. The van der Waals surface area contributed by atoms with Gasteiger partial charge in [0.2, 0.25) is 0 Å². The summed E-state index contributed by atoms with van der Waals surface area (Å²) in [5, 5.41) is 21.0. The maximum atomic E-state index is 10.8. The lowest BCUT2D eigenvalue weighted by Crippen LogP contribution is -2.51. The minimum absolute atomic E-state index is 0.0873. The van der Waals surface area contributed by atoms with Crippen molar-refractivity contribution in [2.75, 3.05) is 13.2 Å². The van der Waals surface area contributed by atoms with Crippen molar-refractivity contribution >= 4 is 5.97 Å². The summed E-state index contributed by atoms with van der Waals surface area (Å²) in [6, 6.07) is -0.601. The van der Waals surface area contributed by atoms with Gasteiger partial charge in [-0.25, -0.2) is 0 Å². The number of aliphatic carboxylic acids is 1. The lowest BCUT2D eigenvalue weighted by molar-refractivity contribution is -0.139. The summed E-state index contributed by atoms with van der Waals surface area (Å²) < 4.78 is 0. The van der Waals surface area contributed by atoms with Gasteiger partial charge in [0.25, 0.3) is 0 Å². The third-order valence-corrected chi connectivity index (χ3v) is 3.09. The highest BCUT2D eigenvalue weighted by atomic mass is 16.4.